The first-order chi connectivity index (χ1) is 23.6. The van der Waals surface area contributed by atoms with Crippen molar-refractivity contribution in [1.82, 2.24) is 19.5 Å². The third-order valence-electron chi connectivity index (χ3n) is 8.28. The smallest absolute Gasteiger partial charge is 0.462 e. The van der Waals surface area contributed by atoms with E-state index in [-0.39, 0.29) is 49.5 Å². The summed E-state index contributed by atoms with van der Waals surface area (Å²) in [6.07, 6.45) is 13.6. The molecule has 0 aliphatic carbocycles. The number of aliphatic hydroxyl groups excluding tert-OH is 1. The van der Waals surface area contributed by atoms with E-state index in [1.165, 1.54) is 10.9 Å². The quantitative estimate of drug-likeness (QED) is 0.0532. The molecule has 1 aliphatic heterocycles. The largest absolute Gasteiger partial charge is 0.508 e. The Labute approximate surface area is 286 Å². The number of aromatic nitrogens is 4. The lowest BCUT2D eigenvalue weighted by Crippen LogP contribution is -2.43. The van der Waals surface area contributed by atoms with Gasteiger partial charge in [0, 0.05) is 19.3 Å². The molecule has 3 N–H and O–H groups in total. The van der Waals surface area contributed by atoms with Gasteiger partial charge in [-0.2, -0.15) is 14.4 Å². The summed E-state index contributed by atoms with van der Waals surface area (Å²) in [5, 5.41) is 10.9. The predicted octanol–water partition coefficient (Wildman–Crippen LogP) is 5.31. The Balaban J connectivity index is 1.55. The zero-order chi connectivity index (χ0) is 35.6. The van der Waals surface area contributed by atoms with Gasteiger partial charge in [0.15, 0.2) is 28.7 Å². The van der Waals surface area contributed by atoms with Crippen molar-refractivity contribution in [2.75, 3.05) is 25.6 Å². The number of esters is 2. The van der Waals surface area contributed by atoms with E-state index < -0.39 is 54.8 Å². The number of anilines is 1. The van der Waals surface area contributed by atoms with Crippen LogP contribution in [0, 0.1) is 18.4 Å². The molecule has 14 nitrogen and oxygen atoms in total. The number of unbranched alkanes of at least 4 members (excludes halogenated alkanes) is 10. The van der Waals surface area contributed by atoms with E-state index in [1.807, 2.05) is 0 Å². The van der Waals surface area contributed by atoms with E-state index in [2.05, 4.69) is 34.7 Å². The van der Waals surface area contributed by atoms with Gasteiger partial charge in [-0.3, -0.25) is 14.2 Å². The maximum atomic E-state index is 13.9. The Hall–Kier alpha value is -4.03. The summed E-state index contributed by atoms with van der Waals surface area (Å²) in [7, 11) is 0. The highest BCUT2D eigenvalue weighted by Gasteiger charge is 2.49. The molecule has 3 heterocycles. The van der Waals surface area contributed by atoms with Crippen molar-refractivity contribution >= 4 is 35.1 Å². The van der Waals surface area contributed by atoms with E-state index in [0.29, 0.717) is 12.8 Å². The number of hydrogen-bond donors (Lipinski definition) is 2. The lowest BCUT2D eigenvalue weighted by molar-refractivity contribution is -0.154. The molecule has 49 heavy (non-hydrogen) atoms. The number of aliphatic hydroxyl groups is 1. The van der Waals surface area contributed by atoms with Gasteiger partial charge in [-0.25, -0.2) is 9.78 Å². The van der Waals surface area contributed by atoms with Crippen LogP contribution in [-0.2, 0) is 33.3 Å². The first kappa shape index (κ1) is 39.4. The molecule has 272 valence electrons. The van der Waals surface area contributed by atoms with E-state index >= 15 is 0 Å². The molecule has 2 aromatic rings. The van der Waals surface area contributed by atoms with Gasteiger partial charge in [-0.1, -0.05) is 84.0 Å². The number of nitrogens with two attached hydrogens (primary N) is 1. The van der Waals surface area contributed by atoms with Crippen LogP contribution in [0.25, 0.3) is 11.2 Å². The number of halogens is 1. The molecule has 1 saturated heterocycles. The Bertz CT molecular complexity index is 1370. The first-order valence-corrected chi connectivity index (χ1v) is 17.3. The predicted molar refractivity (Wildman–Crippen MR) is 176 cm³/mol. The molecule has 0 saturated carbocycles. The van der Waals surface area contributed by atoms with E-state index in [4.69, 9.17) is 35.8 Å². The van der Waals surface area contributed by atoms with Crippen LogP contribution in [0.4, 0.5) is 15.0 Å². The van der Waals surface area contributed by atoms with Crippen LogP contribution in [-0.4, -0.2) is 80.3 Å². The van der Waals surface area contributed by atoms with Gasteiger partial charge in [0.1, 0.15) is 32.2 Å². The number of nitrogens with zero attached hydrogens (tertiary/aromatic N) is 4. The molecule has 15 heteroatoms. The van der Waals surface area contributed by atoms with Gasteiger partial charge in [0.2, 0.25) is 0 Å². The van der Waals surface area contributed by atoms with Gasteiger partial charge in [-0.15, -0.1) is 6.42 Å². The number of imidazole rings is 1. The topological polar surface area (TPSA) is 187 Å². The van der Waals surface area contributed by atoms with Crippen LogP contribution in [0.2, 0.25) is 0 Å². The third-order valence-corrected chi connectivity index (χ3v) is 8.28. The number of fused-ring (bicyclic) bond motifs is 1. The summed E-state index contributed by atoms with van der Waals surface area (Å²) in [5.41, 5.74) is 4.09. The number of carbonyl (C=O) groups excluding carboxylic acids is 3. The first-order valence-electron chi connectivity index (χ1n) is 17.3. The van der Waals surface area contributed by atoms with Crippen molar-refractivity contribution in [2.24, 2.45) is 0 Å². The Morgan fingerprint density at radius 1 is 1.00 bits per heavy atom. The average Bonchev–Trinajstić information content (AvgIpc) is 3.65. The van der Waals surface area contributed by atoms with Crippen molar-refractivity contribution in [2.45, 2.75) is 134 Å². The summed E-state index contributed by atoms with van der Waals surface area (Å²) in [5.74, 6) is 1.24. The molecule has 0 spiro atoms. The Morgan fingerprint density at radius 3 is 2.14 bits per heavy atom. The molecule has 0 unspecified atom stereocenters. The minimum absolute atomic E-state index is 0.0234. The number of ether oxygens (including phenoxy) is 5. The zero-order valence-corrected chi connectivity index (χ0v) is 28.6. The van der Waals surface area contributed by atoms with Crippen molar-refractivity contribution in [3.63, 3.8) is 0 Å². The fourth-order valence-corrected chi connectivity index (χ4v) is 5.41. The van der Waals surface area contributed by atoms with E-state index in [9.17, 15) is 23.9 Å². The number of hydrogen-bond acceptors (Lipinski definition) is 13. The van der Waals surface area contributed by atoms with E-state index in [0.717, 1.165) is 64.2 Å². The van der Waals surface area contributed by atoms with Crippen LogP contribution < -0.4 is 5.73 Å². The molecule has 0 radical (unpaired) electrons. The summed E-state index contributed by atoms with van der Waals surface area (Å²) >= 11 is 0. The lowest BCUT2D eigenvalue weighted by atomic mass is 9.99. The van der Waals surface area contributed by atoms with Crippen molar-refractivity contribution < 1.29 is 47.6 Å². The average molecular weight is 692 g/mol. The third kappa shape index (κ3) is 12.4. The SMILES string of the molecule is C#C[C@]1(COC(=O)OC(COC(=O)CCCCCCCC)COC(=O)CCCCCCCC)O[C@@H](n2cnc3c(N)nc(F)nc32)C[C@@H]1O. The van der Waals surface area contributed by atoms with Crippen molar-refractivity contribution in [1.29, 1.82) is 0 Å². The molecule has 3 rings (SSSR count). The molecule has 1 fully saturated rings. The number of rotatable bonds is 22. The fraction of sp³-hybridized carbons (Fsp3) is 0.706. The van der Waals surface area contributed by atoms with Gasteiger partial charge in [-0.05, 0) is 12.8 Å². The Kier molecular flexibility index (Phi) is 16.5. The molecule has 2 aromatic heterocycles. The van der Waals surface area contributed by atoms with Gasteiger partial charge in [0.05, 0.1) is 6.33 Å². The standard InChI is InChI=1S/C34H50FN5O9/c1-4-7-9-11-13-15-17-27(42)45-20-24(21-46-28(43)18-16-14-12-10-8-5-2)48-33(44)47-22-34(6-3)25(41)19-26(49-34)40-23-37-29-30(36)38-32(35)39-31(29)40/h3,23-26,41H,4-5,7-22H2,1-2H3,(H2,36,38,39)/t25-,26+,34+/m0/s1. The minimum Gasteiger partial charge on any atom is -0.462 e. The second kappa shape index (κ2) is 20.5. The van der Waals surface area contributed by atoms with Gasteiger partial charge in [0.25, 0.3) is 0 Å². The van der Waals surface area contributed by atoms with Crippen LogP contribution in [0.15, 0.2) is 6.33 Å². The highest BCUT2D eigenvalue weighted by Crippen LogP contribution is 2.38. The maximum absolute atomic E-state index is 13.9. The second-order valence-corrected chi connectivity index (χ2v) is 12.2. The number of nitrogen functional groups attached to an aromatic ring is 1. The number of terminal acetylenes is 1. The fourth-order valence-electron chi connectivity index (χ4n) is 5.41. The molecule has 0 bridgehead atoms. The van der Waals surface area contributed by atoms with Crippen molar-refractivity contribution in [3.05, 3.63) is 12.4 Å². The second-order valence-electron chi connectivity index (χ2n) is 12.2. The summed E-state index contributed by atoms with van der Waals surface area (Å²) < 4.78 is 42.4. The number of carbonyl (C=O) groups is 3. The van der Waals surface area contributed by atoms with Crippen LogP contribution in [0.1, 0.15) is 116 Å². The highest BCUT2D eigenvalue weighted by molar-refractivity contribution is 5.81. The van der Waals surface area contributed by atoms with Gasteiger partial charge >= 0.3 is 24.2 Å². The van der Waals surface area contributed by atoms with Gasteiger partial charge < -0.3 is 34.5 Å². The van der Waals surface area contributed by atoms with Crippen LogP contribution >= 0.6 is 0 Å². The van der Waals surface area contributed by atoms with Crippen LogP contribution in [0.3, 0.4) is 0 Å². The Morgan fingerprint density at radius 2 is 1.57 bits per heavy atom. The van der Waals surface area contributed by atoms with Crippen LogP contribution in [0.5, 0.6) is 0 Å². The molecule has 0 aromatic carbocycles. The van der Waals surface area contributed by atoms with E-state index in [1.54, 1.807) is 0 Å². The maximum Gasteiger partial charge on any atom is 0.508 e. The lowest BCUT2D eigenvalue weighted by Gasteiger charge is -2.26. The minimum atomic E-state index is -1.81. The molecule has 3 atom stereocenters. The monoisotopic (exact) mass is 691 g/mol. The molecule has 0 amide bonds. The van der Waals surface area contributed by atoms with Crippen molar-refractivity contribution in [3.8, 4) is 12.3 Å². The highest BCUT2D eigenvalue weighted by atomic mass is 19.1. The molecular formula is C34H50FN5O9. The zero-order valence-electron chi connectivity index (χ0n) is 28.6. The normalized spacial score (nSPS) is 18.8. The summed E-state index contributed by atoms with van der Waals surface area (Å²) in [6, 6.07) is 0. The summed E-state index contributed by atoms with van der Waals surface area (Å²) in [6.45, 7) is 2.93. The summed E-state index contributed by atoms with van der Waals surface area (Å²) in [4.78, 5) is 48.8. The molecular weight excluding hydrogens is 641 g/mol. The molecule has 1 aliphatic rings.